The molecule has 86 valence electrons. The molecule has 0 spiro atoms. The SMILES string of the molecule is NC1=C(CCC=O)C(=O)c2ccccc2C1=O. The van der Waals surface area contributed by atoms with E-state index < -0.39 is 0 Å². The number of aldehydes is 1. The molecule has 4 nitrogen and oxygen atoms in total. The van der Waals surface area contributed by atoms with Crippen LogP contribution in [0.5, 0.6) is 0 Å². The summed E-state index contributed by atoms with van der Waals surface area (Å²) in [6.45, 7) is 0. The highest BCUT2D eigenvalue weighted by molar-refractivity contribution is 6.26. The van der Waals surface area contributed by atoms with Crippen molar-refractivity contribution in [2.24, 2.45) is 5.73 Å². The summed E-state index contributed by atoms with van der Waals surface area (Å²) in [6.07, 6.45) is 1.12. The van der Waals surface area contributed by atoms with Crippen molar-refractivity contribution in [3.63, 3.8) is 0 Å². The lowest BCUT2D eigenvalue weighted by Gasteiger charge is -2.17. The van der Waals surface area contributed by atoms with E-state index in [1.807, 2.05) is 0 Å². The van der Waals surface area contributed by atoms with E-state index in [4.69, 9.17) is 5.73 Å². The topological polar surface area (TPSA) is 77.2 Å². The Morgan fingerprint density at radius 3 is 2.24 bits per heavy atom. The predicted molar refractivity (Wildman–Crippen MR) is 61.6 cm³/mol. The molecule has 17 heavy (non-hydrogen) atoms. The Balaban J connectivity index is 2.50. The zero-order valence-corrected chi connectivity index (χ0v) is 9.10. The number of carbonyl (C=O) groups is 3. The zero-order chi connectivity index (χ0) is 12.4. The number of benzene rings is 1. The van der Waals surface area contributed by atoms with Crippen LogP contribution in [0.3, 0.4) is 0 Å². The van der Waals surface area contributed by atoms with Crippen LogP contribution in [0.15, 0.2) is 35.5 Å². The average molecular weight is 229 g/mol. The molecule has 0 fully saturated rings. The minimum atomic E-state index is -0.332. The summed E-state index contributed by atoms with van der Waals surface area (Å²) < 4.78 is 0. The van der Waals surface area contributed by atoms with Crippen LogP contribution in [-0.2, 0) is 4.79 Å². The van der Waals surface area contributed by atoms with Crippen LogP contribution in [0.2, 0.25) is 0 Å². The van der Waals surface area contributed by atoms with Gasteiger partial charge in [-0.05, 0) is 6.42 Å². The molecule has 0 saturated heterocycles. The Kier molecular flexibility index (Phi) is 2.87. The highest BCUT2D eigenvalue weighted by Crippen LogP contribution is 2.26. The van der Waals surface area contributed by atoms with Crippen molar-refractivity contribution in [1.29, 1.82) is 0 Å². The van der Waals surface area contributed by atoms with Gasteiger partial charge in [0.05, 0.1) is 5.70 Å². The normalized spacial score (nSPS) is 14.8. The Hall–Kier alpha value is -2.23. The van der Waals surface area contributed by atoms with Crippen molar-refractivity contribution in [1.82, 2.24) is 0 Å². The highest BCUT2D eigenvalue weighted by Gasteiger charge is 2.29. The van der Waals surface area contributed by atoms with Gasteiger partial charge >= 0.3 is 0 Å². The summed E-state index contributed by atoms with van der Waals surface area (Å²) in [5.74, 6) is -0.583. The first kappa shape index (κ1) is 11.3. The third-order valence-electron chi connectivity index (χ3n) is 2.77. The largest absolute Gasteiger partial charge is 0.395 e. The van der Waals surface area contributed by atoms with Gasteiger partial charge in [-0.1, -0.05) is 24.3 Å². The van der Waals surface area contributed by atoms with Gasteiger partial charge in [0.15, 0.2) is 5.78 Å². The summed E-state index contributed by atoms with van der Waals surface area (Å²) in [5.41, 5.74) is 6.59. The second-order valence-corrected chi connectivity index (χ2v) is 3.80. The molecule has 1 aromatic rings. The molecule has 0 heterocycles. The highest BCUT2D eigenvalue weighted by atomic mass is 16.1. The molecule has 0 aromatic heterocycles. The fraction of sp³-hybridized carbons (Fsp3) is 0.154. The molecule has 0 amide bonds. The van der Waals surface area contributed by atoms with Gasteiger partial charge in [-0.25, -0.2) is 0 Å². The summed E-state index contributed by atoms with van der Waals surface area (Å²) in [5, 5.41) is 0. The maximum Gasteiger partial charge on any atom is 0.209 e. The summed E-state index contributed by atoms with van der Waals surface area (Å²) in [4.78, 5) is 34.3. The molecule has 1 aromatic carbocycles. The lowest BCUT2D eigenvalue weighted by atomic mass is 9.85. The minimum absolute atomic E-state index is 0.0319. The van der Waals surface area contributed by atoms with Gasteiger partial charge in [0, 0.05) is 23.1 Å². The van der Waals surface area contributed by atoms with Crippen LogP contribution < -0.4 is 5.73 Å². The van der Waals surface area contributed by atoms with Gasteiger partial charge in [0.1, 0.15) is 6.29 Å². The number of rotatable bonds is 3. The Morgan fingerprint density at radius 1 is 1.06 bits per heavy atom. The molecule has 2 N–H and O–H groups in total. The van der Waals surface area contributed by atoms with Crippen LogP contribution in [-0.4, -0.2) is 17.9 Å². The van der Waals surface area contributed by atoms with Gasteiger partial charge in [0.25, 0.3) is 0 Å². The molecule has 0 saturated carbocycles. The first-order valence-corrected chi connectivity index (χ1v) is 5.27. The number of fused-ring (bicyclic) bond motifs is 1. The summed E-state index contributed by atoms with van der Waals surface area (Å²) in [6, 6.07) is 6.57. The molecule has 0 unspecified atom stereocenters. The number of Topliss-reactive ketones (excluding diaryl/α,β-unsaturated/α-hetero) is 2. The maximum atomic E-state index is 12.1. The van der Waals surface area contributed by atoms with Crippen LogP contribution in [0.1, 0.15) is 33.6 Å². The molecule has 0 bridgehead atoms. The van der Waals surface area contributed by atoms with E-state index in [-0.39, 0.29) is 35.7 Å². The first-order chi connectivity index (χ1) is 8.16. The molecular formula is C13H11NO3. The fourth-order valence-corrected chi connectivity index (χ4v) is 1.90. The van der Waals surface area contributed by atoms with Gasteiger partial charge in [-0.3, -0.25) is 9.59 Å². The van der Waals surface area contributed by atoms with E-state index in [2.05, 4.69) is 0 Å². The molecule has 0 aliphatic heterocycles. The van der Waals surface area contributed by atoms with E-state index in [1.165, 1.54) is 0 Å². The third kappa shape index (κ3) is 1.78. The van der Waals surface area contributed by atoms with Crippen LogP contribution >= 0.6 is 0 Å². The van der Waals surface area contributed by atoms with Crippen molar-refractivity contribution in [3.8, 4) is 0 Å². The Labute approximate surface area is 98.1 Å². The fourth-order valence-electron chi connectivity index (χ4n) is 1.90. The minimum Gasteiger partial charge on any atom is -0.395 e. The lowest BCUT2D eigenvalue weighted by molar-refractivity contribution is -0.107. The standard InChI is InChI=1S/C13H11NO3/c14-11-10(6-3-7-15)12(16)8-4-1-2-5-9(8)13(11)17/h1-2,4-5,7H,3,6,14H2. The number of carbonyl (C=O) groups excluding carboxylic acids is 3. The lowest BCUT2D eigenvalue weighted by Crippen LogP contribution is -2.26. The van der Waals surface area contributed by atoms with Crippen LogP contribution in [0.25, 0.3) is 0 Å². The van der Waals surface area contributed by atoms with Crippen molar-refractivity contribution < 1.29 is 14.4 Å². The van der Waals surface area contributed by atoms with E-state index in [0.29, 0.717) is 17.4 Å². The molecule has 0 atom stereocenters. The second-order valence-electron chi connectivity index (χ2n) is 3.80. The van der Waals surface area contributed by atoms with Crippen LogP contribution in [0, 0.1) is 0 Å². The molecule has 1 aliphatic carbocycles. The van der Waals surface area contributed by atoms with Crippen LogP contribution in [0.4, 0.5) is 0 Å². The Bertz CT molecular complexity index is 543. The molecular weight excluding hydrogens is 218 g/mol. The third-order valence-corrected chi connectivity index (χ3v) is 2.77. The summed E-state index contributed by atoms with van der Waals surface area (Å²) in [7, 11) is 0. The quantitative estimate of drug-likeness (QED) is 0.791. The molecule has 2 rings (SSSR count). The van der Waals surface area contributed by atoms with E-state index in [1.54, 1.807) is 24.3 Å². The molecule has 1 aliphatic rings. The zero-order valence-electron chi connectivity index (χ0n) is 9.10. The van der Waals surface area contributed by atoms with Gasteiger partial charge in [-0.2, -0.15) is 0 Å². The molecule has 4 heteroatoms. The number of nitrogens with two attached hydrogens (primary N) is 1. The second kappa shape index (κ2) is 4.33. The van der Waals surface area contributed by atoms with Gasteiger partial charge < -0.3 is 10.5 Å². The average Bonchev–Trinajstić information content (AvgIpc) is 2.36. The first-order valence-electron chi connectivity index (χ1n) is 5.27. The van der Waals surface area contributed by atoms with E-state index in [9.17, 15) is 14.4 Å². The van der Waals surface area contributed by atoms with Crippen molar-refractivity contribution >= 4 is 17.9 Å². The maximum absolute atomic E-state index is 12.1. The number of hydrogen-bond acceptors (Lipinski definition) is 4. The monoisotopic (exact) mass is 229 g/mol. The van der Waals surface area contributed by atoms with Crippen molar-refractivity contribution in [2.45, 2.75) is 12.8 Å². The van der Waals surface area contributed by atoms with Gasteiger partial charge in [-0.15, -0.1) is 0 Å². The van der Waals surface area contributed by atoms with E-state index in [0.717, 1.165) is 0 Å². The van der Waals surface area contributed by atoms with Gasteiger partial charge in [0.2, 0.25) is 5.78 Å². The Morgan fingerprint density at radius 2 is 1.65 bits per heavy atom. The number of allylic oxidation sites excluding steroid dienone is 2. The van der Waals surface area contributed by atoms with Crippen molar-refractivity contribution in [2.75, 3.05) is 0 Å². The predicted octanol–water partition coefficient (Wildman–Crippen LogP) is 1.26. The summed E-state index contributed by atoms with van der Waals surface area (Å²) >= 11 is 0. The number of ketones is 2. The van der Waals surface area contributed by atoms with Crippen molar-refractivity contribution in [3.05, 3.63) is 46.7 Å². The molecule has 0 radical (unpaired) electrons. The number of hydrogen-bond donors (Lipinski definition) is 1. The van der Waals surface area contributed by atoms with E-state index >= 15 is 0 Å². The smallest absolute Gasteiger partial charge is 0.209 e.